The molecule has 1 amide bonds. The molecule has 23 heavy (non-hydrogen) atoms. The van der Waals surface area contributed by atoms with E-state index in [-0.39, 0.29) is 18.3 Å². The third-order valence-corrected chi connectivity index (χ3v) is 5.88. The van der Waals surface area contributed by atoms with Crippen molar-refractivity contribution in [1.29, 1.82) is 0 Å². The molecule has 0 spiro atoms. The maximum atomic E-state index is 12.4. The van der Waals surface area contributed by atoms with E-state index in [4.69, 9.17) is 0 Å². The fraction of sp³-hybridized carbons (Fsp3) is 0.750. The summed E-state index contributed by atoms with van der Waals surface area (Å²) >= 11 is 1.92. The molecule has 2 fully saturated rings. The molecule has 7 heteroatoms. The number of hydrogen-bond donors (Lipinski definition) is 2. The zero-order valence-electron chi connectivity index (χ0n) is 13.7. The van der Waals surface area contributed by atoms with Crippen molar-refractivity contribution in [2.24, 2.45) is 0 Å². The van der Waals surface area contributed by atoms with Crippen LogP contribution in [0.3, 0.4) is 0 Å². The van der Waals surface area contributed by atoms with Crippen LogP contribution in [-0.4, -0.2) is 46.3 Å². The molecule has 3 atom stereocenters. The molecule has 1 saturated carbocycles. The van der Waals surface area contributed by atoms with Crippen LogP contribution in [0.4, 0.5) is 0 Å². The number of thioether (sulfide) groups is 1. The van der Waals surface area contributed by atoms with Crippen molar-refractivity contribution in [2.75, 3.05) is 19.3 Å². The highest BCUT2D eigenvalue weighted by molar-refractivity contribution is 7.99. The summed E-state index contributed by atoms with van der Waals surface area (Å²) in [6.07, 6.45) is 11.1. The Bertz CT molecular complexity index is 504. The third kappa shape index (κ3) is 4.88. The lowest BCUT2D eigenvalue weighted by atomic mass is 9.95. The number of carbonyl (C=O) groups excluding carboxylic acids is 1. The minimum absolute atomic E-state index is 0. The number of amides is 1. The molecule has 2 aliphatic rings. The van der Waals surface area contributed by atoms with E-state index < -0.39 is 0 Å². The van der Waals surface area contributed by atoms with Gasteiger partial charge in [0.25, 0.3) is 5.91 Å². The van der Waals surface area contributed by atoms with Crippen molar-refractivity contribution in [3.05, 3.63) is 18.0 Å². The summed E-state index contributed by atoms with van der Waals surface area (Å²) in [7, 11) is 0. The van der Waals surface area contributed by atoms with Gasteiger partial charge in [0.1, 0.15) is 5.69 Å². The lowest BCUT2D eigenvalue weighted by Crippen LogP contribution is -2.39. The van der Waals surface area contributed by atoms with Crippen LogP contribution in [0.5, 0.6) is 0 Å². The van der Waals surface area contributed by atoms with Gasteiger partial charge in [-0.05, 0) is 51.0 Å². The third-order valence-electron chi connectivity index (χ3n) is 4.78. The molecule has 5 nitrogen and oxygen atoms in total. The van der Waals surface area contributed by atoms with Crippen molar-refractivity contribution in [3.8, 4) is 0 Å². The first-order chi connectivity index (χ1) is 10.8. The first-order valence-corrected chi connectivity index (χ1v) is 9.64. The summed E-state index contributed by atoms with van der Waals surface area (Å²) < 4.78 is 1.95. The van der Waals surface area contributed by atoms with Crippen LogP contribution in [0, 0.1) is 0 Å². The molecule has 1 aliphatic heterocycles. The summed E-state index contributed by atoms with van der Waals surface area (Å²) in [5.41, 5.74) is 0.553. The topological polar surface area (TPSA) is 59.0 Å². The molecular weight excluding hydrogens is 332 g/mol. The van der Waals surface area contributed by atoms with E-state index in [9.17, 15) is 4.79 Å². The SMILES string of the molecule is CSC1CCCC(NC(=O)c2ccn(C3CCCNC3)n2)C1.Cl. The molecule has 0 radical (unpaired) electrons. The summed E-state index contributed by atoms with van der Waals surface area (Å²) in [6.45, 7) is 2.03. The number of aromatic nitrogens is 2. The zero-order valence-corrected chi connectivity index (χ0v) is 15.3. The standard InChI is InChI=1S/C16H26N4OS.ClH/c1-22-14-6-2-4-12(10-14)18-16(21)15-7-9-20(19-15)13-5-3-8-17-11-13;/h7,9,12-14,17H,2-6,8,10-11H2,1H3,(H,18,21);1H. The number of halogens is 1. The van der Waals surface area contributed by atoms with Crippen LogP contribution in [0.25, 0.3) is 0 Å². The van der Waals surface area contributed by atoms with E-state index in [0.29, 0.717) is 23.0 Å². The number of nitrogens with zero attached hydrogens (tertiary/aromatic N) is 2. The lowest BCUT2D eigenvalue weighted by Gasteiger charge is -2.28. The Balaban J connectivity index is 0.00000192. The predicted molar refractivity (Wildman–Crippen MR) is 97.6 cm³/mol. The fourth-order valence-corrected chi connectivity index (χ4v) is 4.30. The van der Waals surface area contributed by atoms with Crippen molar-refractivity contribution < 1.29 is 4.79 Å². The van der Waals surface area contributed by atoms with Crippen LogP contribution in [0.15, 0.2) is 12.3 Å². The highest BCUT2D eigenvalue weighted by Crippen LogP contribution is 2.27. The largest absolute Gasteiger partial charge is 0.348 e. The van der Waals surface area contributed by atoms with Gasteiger partial charge in [-0.3, -0.25) is 9.48 Å². The molecule has 0 bridgehead atoms. The number of piperidine rings is 1. The number of hydrogen-bond acceptors (Lipinski definition) is 4. The molecule has 0 aromatic carbocycles. The van der Waals surface area contributed by atoms with E-state index in [1.165, 1.54) is 19.3 Å². The number of carbonyl (C=O) groups is 1. The quantitative estimate of drug-likeness (QED) is 0.868. The van der Waals surface area contributed by atoms with E-state index in [1.54, 1.807) is 0 Å². The molecule has 1 saturated heterocycles. The van der Waals surface area contributed by atoms with Crippen LogP contribution in [0.2, 0.25) is 0 Å². The second-order valence-electron chi connectivity index (χ2n) is 6.38. The Morgan fingerprint density at radius 3 is 3.00 bits per heavy atom. The van der Waals surface area contributed by atoms with Gasteiger partial charge in [0.2, 0.25) is 0 Å². The van der Waals surface area contributed by atoms with Crippen molar-refractivity contribution in [1.82, 2.24) is 20.4 Å². The molecular formula is C16H27ClN4OS. The van der Waals surface area contributed by atoms with Gasteiger partial charge in [-0.1, -0.05) is 6.42 Å². The van der Waals surface area contributed by atoms with Crippen LogP contribution >= 0.6 is 24.2 Å². The molecule has 1 aliphatic carbocycles. The molecule has 1 aromatic heterocycles. The molecule has 3 rings (SSSR count). The lowest BCUT2D eigenvalue weighted by molar-refractivity contribution is 0.0922. The van der Waals surface area contributed by atoms with E-state index >= 15 is 0 Å². The molecule has 2 N–H and O–H groups in total. The maximum absolute atomic E-state index is 12.4. The molecule has 1 aromatic rings. The van der Waals surface area contributed by atoms with Crippen molar-refractivity contribution >= 4 is 30.1 Å². The van der Waals surface area contributed by atoms with Crippen molar-refractivity contribution in [3.63, 3.8) is 0 Å². The summed E-state index contributed by atoms with van der Waals surface area (Å²) in [4.78, 5) is 12.4. The fourth-order valence-electron chi connectivity index (χ4n) is 3.47. The minimum atomic E-state index is -0.0192. The maximum Gasteiger partial charge on any atom is 0.271 e. The van der Waals surface area contributed by atoms with E-state index in [0.717, 1.165) is 32.4 Å². The Kier molecular flexibility index (Phi) is 7.24. The molecule has 130 valence electrons. The Morgan fingerprint density at radius 2 is 2.26 bits per heavy atom. The van der Waals surface area contributed by atoms with Gasteiger partial charge in [0, 0.05) is 24.0 Å². The summed E-state index contributed by atoms with van der Waals surface area (Å²) in [6, 6.07) is 2.53. The molecule has 3 unspecified atom stereocenters. The highest BCUT2D eigenvalue weighted by Gasteiger charge is 2.24. The van der Waals surface area contributed by atoms with Gasteiger partial charge in [-0.15, -0.1) is 12.4 Å². The predicted octanol–water partition coefficient (Wildman–Crippen LogP) is 2.63. The molecule has 2 heterocycles. The second-order valence-corrected chi connectivity index (χ2v) is 7.51. The smallest absolute Gasteiger partial charge is 0.271 e. The first-order valence-electron chi connectivity index (χ1n) is 8.36. The van der Waals surface area contributed by atoms with Gasteiger partial charge < -0.3 is 10.6 Å². The average molecular weight is 359 g/mol. The minimum Gasteiger partial charge on any atom is -0.348 e. The second kappa shape index (κ2) is 8.94. The Hall–Kier alpha value is -0.720. The van der Waals surface area contributed by atoms with Gasteiger partial charge >= 0.3 is 0 Å². The normalized spacial score (nSPS) is 28.0. The zero-order chi connectivity index (χ0) is 15.4. The van der Waals surface area contributed by atoms with Crippen molar-refractivity contribution in [2.45, 2.75) is 55.9 Å². The van der Waals surface area contributed by atoms with Gasteiger partial charge in [-0.25, -0.2) is 0 Å². The van der Waals surface area contributed by atoms with Crippen LogP contribution < -0.4 is 10.6 Å². The Labute approximate surface area is 148 Å². The number of nitrogens with one attached hydrogen (secondary N) is 2. The van der Waals surface area contributed by atoms with Gasteiger partial charge in [-0.2, -0.15) is 16.9 Å². The number of rotatable bonds is 4. The average Bonchev–Trinajstić information content (AvgIpc) is 3.06. The van der Waals surface area contributed by atoms with Crippen LogP contribution in [-0.2, 0) is 0 Å². The Morgan fingerprint density at radius 1 is 1.39 bits per heavy atom. The van der Waals surface area contributed by atoms with Crippen LogP contribution in [0.1, 0.15) is 55.1 Å². The highest BCUT2D eigenvalue weighted by atomic mass is 35.5. The van der Waals surface area contributed by atoms with Gasteiger partial charge in [0.15, 0.2) is 0 Å². The summed E-state index contributed by atoms with van der Waals surface area (Å²) in [5.74, 6) is -0.0192. The van der Waals surface area contributed by atoms with Gasteiger partial charge in [0.05, 0.1) is 6.04 Å². The van der Waals surface area contributed by atoms with E-state index in [2.05, 4.69) is 22.0 Å². The van der Waals surface area contributed by atoms with E-state index in [1.807, 2.05) is 28.7 Å². The first kappa shape index (κ1) is 18.6. The monoisotopic (exact) mass is 358 g/mol. The summed E-state index contributed by atoms with van der Waals surface area (Å²) in [5, 5.41) is 11.7.